The molecule has 0 radical (unpaired) electrons. The van der Waals surface area contributed by atoms with Crippen molar-refractivity contribution in [3.05, 3.63) is 82.9 Å². The van der Waals surface area contributed by atoms with Crippen molar-refractivity contribution in [2.45, 2.75) is 32.7 Å². The molecule has 5 nitrogen and oxygen atoms in total. The average molecular weight is 446 g/mol. The molecule has 0 aliphatic heterocycles. The van der Waals surface area contributed by atoms with E-state index in [9.17, 15) is 9.18 Å². The third-order valence-corrected chi connectivity index (χ3v) is 7.31. The number of para-hydroxylation sites is 1. The molecule has 0 spiro atoms. The van der Waals surface area contributed by atoms with E-state index < -0.39 is 0 Å². The van der Waals surface area contributed by atoms with Gasteiger partial charge in [-0.1, -0.05) is 30.7 Å². The van der Waals surface area contributed by atoms with Gasteiger partial charge in [-0.25, -0.2) is 9.07 Å². The van der Waals surface area contributed by atoms with Gasteiger partial charge in [-0.05, 0) is 61.2 Å². The highest BCUT2D eigenvalue weighted by Crippen LogP contribution is 2.53. The maximum absolute atomic E-state index is 13.6. The Balaban J connectivity index is 1.40. The van der Waals surface area contributed by atoms with E-state index in [0.717, 1.165) is 47.5 Å². The standard InChI is InChI=1S/C27H28FN3O2/c1-27-15-19-16-29-31(22-11-9-21(28)10-12-22)24(19)14-20(27)8-13-23(27)26(32)30(2)17-18-6-4-5-7-25(18)33-3/h4-7,9-12,14,16,23H,8,13,15,17H2,1-3H3/t23-,27+/m1/s1. The van der Waals surface area contributed by atoms with Crippen LogP contribution in [0.5, 0.6) is 5.75 Å². The third-order valence-electron chi connectivity index (χ3n) is 7.31. The predicted molar refractivity (Wildman–Crippen MR) is 126 cm³/mol. The first-order valence-electron chi connectivity index (χ1n) is 11.3. The highest BCUT2D eigenvalue weighted by Gasteiger charge is 2.49. The van der Waals surface area contributed by atoms with Crippen LogP contribution in [0.2, 0.25) is 0 Å². The molecule has 1 amide bonds. The summed E-state index contributed by atoms with van der Waals surface area (Å²) in [6, 6.07) is 14.2. The summed E-state index contributed by atoms with van der Waals surface area (Å²) >= 11 is 0. The Morgan fingerprint density at radius 1 is 1.24 bits per heavy atom. The molecule has 5 rings (SSSR count). The Hall–Kier alpha value is -3.41. The minimum Gasteiger partial charge on any atom is -0.496 e. The summed E-state index contributed by atoms with van der Waals surface area (Å²) in [5.74, 6) is 0.623. The molecule has 0 unspecified atom stereocenters. The van der Waals surface area contributed by atoms with E-state index in [1.165, 1.54) is 17.7 Å². The Morgan fingerprint density at radius 2 is 2.00 bits per heavy atom. The predicted octanol–water partition coefficient (Wildman–Crippen LogP) is 5.03. The Bertz CT molecular complexity index is 1230. The van der Waals surface area contributed by atoms with Crippen LogP contribution in [0.4, 0.5) is 4.39 Å². The minimum absolute atomic E-state index is 0.0780. The fourth-order valence-corrected chi connectivity index (χ4v) is 5.46. The fraction of sp³-hybridized carbons (Fsp3) is 0.333. The van der Waals surface area contributed by atoms with Crippen molar-refractivity contribution in [2.24, 2.45) is 11.3 Å². The van der Waals surface area contributed by atoms with Crippen LogP contribution in [0.15, 0.2) is 60.3 Å². The van der Waals surface area contributed by atoms with E-state index in [1.54, 1.807) is 19.2 Å². The number of amides is 1. The Labute approximate surface area is 193 Å². The first kappa shape index (κ1) is 21.4. The molecule has 2 aliphatic carbocycles. The molecule has 1 aromatic heterocycles. The molecule has 33 heavy (non-hydrogen) atoms. The molecule has 0 saturated heterocycles. The molecule has 2 aliphatic rings. The number of carbonyl (C=O) groups excluding carboxylic acids is 1. The Morgan fingerprint density at radius 3 is 2.76 bits per heavy atom. The van der Waals surface area contributed by atoms with E-state index in [-0.39, 0.29) is 23.1 Å². The highest BCUT2D eigenvalue weighted by molar-refractivity contribution is 5.82. The zero-order valence-electron chi connectivity index (χ0n) is 19.2. The van der Waals surface area contributed by atoms with Crippen molar-refractivity contribution in [1.29, 1.82) is 0 Å². The largest absolute Gasteiger partial charge is 0.496 e. The van der Waals surface area contributed by atoms with E-state index in [0.29, 0.717) is 6.54 Å². The lowest BCUT2D eigenvalue weighted by molar-refractivity contribution is -0.137. The molecule has 0 N–H and O–H groups in total. The van der Waals surface area contributed by atoms with E-state index in [2.05, 4.69) is 18.1 Å². The van der Waals surface area contributed by atoms with Crippen molar-refractivity contribution < 1.29 is 13.9 Å². The number of allylic oxidation sites excluding steroid dienone is 1. The molecule has 3 aromatic rings. The molecule has 2 aromatic carbocycles. The number of halogens is 1. The van der Waals surface area contributed by atoms with Gasteiger partial charge in [0.05, 0.1) is 24.7 Å². The van der Waals surface area contributed by atoms with Crippen LogP contribution in [0, 0.1) is 17.2 Å². The van der Waals surface area contributed by atoms with Gasteiger partial charge in [0.25, 0.3) is 0 Å². The highest BCUT2D eigenvalue weighted by atomic mass is 19.1. The Kier molecular flexibility index (Phi) is 5.31. The van der Waals surface area contributed by atoms with Gasteiger partial charge < -0.3 is 9.64 Å². The zero-order chi connectivity index (χ0) is 23.2. The first-order chi connectivity index (χ1) is 15.9. The average Bonchev–Trinajstić information content (AvgIpc) is 3.37. The van der Waals surface area contributed by atoms with Crippen molar-refractivity contribution in [3.8, 4) is 11.4 Å². The first-order valence-corrected chi connectivity index (χ1v) is 11.3. The van der Waals surface area contributed by atoms with E-state index in [4.69, 9.17) is 4.74 Å². The van der Waals surface area contributed by atoms with Crippen molar-refractivity contribution in [3.63, 3.8) is 0 Å². The van der Waals surface area contributed by atoms with Crippen LogP contribution < -0.4 is 4.74 Å². The molecule has 2 atom stereocenters. The number of benzene rings is 2. The lowest BCUT2D eigenvalue weighted by Crippen LogP contribution is -2.40. The number of hydrogen-bond donors (Lipinski definition) is 0. The molecule has 170 valence electrons. The molecule has 6 heteroatoms. The molecular weight excluding hydrogens is 417 g/mol. The van der Waals surface area contributed by atoms with Crippen molar-refractivity contribution in [2.75, 3.05) is 14.2 Å². The summed E-state index contributed by atoms with van der Waals surface area (Å²) in [4.78, 5) is 15.4. The van der Waals surface area contributed by atoms with Crippen LogP contribution in [0.3, 0.4) is 0 Å². The summed E-state index contributed by atoms with van der Waals surface area (Å²) < 4.78 is 20.7. The van der Waals surface area contributed by atoms with Gasteiger partial charge in [0.15, 0.2) is 0 Å². The van der Waals surface area contributed by atoms with Crippen LogP contribution in [-0.4, -0.2) is 34.7 Å². The van der Waals surface area contributed by atoms with Gasteiger partial charge in [-0.2, -0.15) is 5.10 Å². The van der Waals surface area contributed by atoms with Crippen LogP contribution in [-0.2, 0) is 17.8 Å². The van der Waals surface area contributed by atoms with Gasteiger partial charge in [-0.3, -0.25) is 4.79 Å². The van der Waals surface area contributed by atoms with Gasteiger partial charge in [-0.15, -0.1) is 0 Å². The monoisotopic (exact) mass is 445 g/mol. The van der Waals surface area contributed by atoms with E-state index >= 15 is 0 Å². The summed E-state index contributed by atoms with van der Waals surface area (Å²) in [6.45, 7) is 2.73. The molecule has 1 fully saturated rings. The smallest absolute Gasteiger partial charge is 0.226 e. The molecule has 1 saturated carbocycles. The van der Waals surface area contributed by atoms with Crippen LogP contribution >= 0.6 is 0 Å². The normalized spacial score (nSPS) is 21.2. The lowest BCUT2D eigenvalue weighted by atomic mass is 9.69. The summed E-state index contributed by atoms with van der Waals surface area (Å²) in [7, 11) is 3.53. The van der Waals surface area contributed by atoms with Crippen molar-refractivity contribution >= 4 is 12.0 Å². The van der Waals surface area contributed by atoms with E-state index in [1.807, 2.05) is 47.1 Å². The number of ether oxygens (including phenoxy) is 1. The number of aromatic nitrogens is 2. The minimum atomic E-state index is -0.264. The molecular formula is C27H28FN3O2. The lowest BCUT2D eigenvalue weighted by Gasteiger charge is -2.37. The second-order valence-electron chi connectivity index (χ2n) is 9.30. The van der Waals surface area contributed by atoms with Gasteiger partial charge in [0.1, 0.15) is 11.6 Å². The molecule has 0 bridgehead atoms. The third kappa shape index (κ3) is 3.63. The summed E-state index contributed by atoms with van der Waals surface area (Å²) in [6.07, 6.45) is 6.59. The van der Waals surface area contributed by atoms with Gasteiger partial charge in [0, 0.05) is 30.5 Å². The van der Waals surface area contributed by atoms with Crippen molar-refractivity contribution in [1.82, 2.24) is 14.7 Å². The topological polar surface area (TPSA) is 47.4 Å². The number of methoxy groups -OCH3 is 1. The second-order valence-corrected chi connectivity index (χ2v) is 9.30. The van der Waals surface area contributed by atoms with Gasteiger partial charge in [0.2, 0.25) is 5.91 Å². The van der Waals surface area contributed by atoms with Crippen LogP contribution in [0.1, 0.15) is 36.6 Å². The van der Waals surface area contributed by atoms with Gasteiger partial charge >= 0.3 is 0 Å². The molecule has 1 heterocycles. The number of rotatable bonds is 5. The summed E-state index contributed by atoms with van der Waals surface area (Å²) in [5.41, 5.74) is 5.06. The van der Waals surface area contributed by atoms with Crippen LogP contribution in [0.25, 0.3) is 11.8 Å². The number of carbonyl (C=O) groups is 1. The maximum Gasteiger partial charge on any atom is 0.226 e. The quantitative estimate of drug-likeness (QED) is 0.553. The SMILES string of the molecule is COc1ccccc1CN(C)C(=O)[C@H]1CCC2=Cc3c(cnn3-c3ccc(F)cc3)C[C@@]21C. The fourth-order valence-electron chi connectivity index (χ4n) is 5.46. The maximum atomic E-state index is 13.6. The zero-order valence-corrected chi connectivity index (χ0v) is 19.2. The number of hydrogen-bond acceptors (Lipinski definition) is 3. The second kappa shape index (κ2) is 8.18. The number of nitrogens with zero attached hydrogens (tertiary/aromatic N) is 3. The number of fused-ring (bicyclic) bond motifs is 2. The summed E-state index contributed by atoms with van der Waals surface area (Å²) in [5, 5.41) is 4.58.